The summed E-state index contributed by atoms with van der Waals surface area (Å²) in [4.78, 5) is 15.8. The summed E-state index contributed by atoms with van der Waals surface area (Å²) in [6.45, 7) is 0. The Kier molecular flexibility index (Phi) is 6.34. The van der Waals surface area contributed by atoms with Crippen molar-refractivity contribution in [2.24, 2.45) is 0 Å². The minimum Gasteiger partial charge on any atom is -0.309 e. The first-order valence-electron chi connectivity index (χ1n) is 19.9. The topological polar surface area (TPSA) is 43.6 Å². The number of nitrogens with zero attached hydrogens (tertiary/aromatic N) is 4. The van der Waals surface area contributed by atoms with E-state index >= 15 is 0 Å². The van der Waals surface area contributed by atoms with Crippen molar-refractivity contribution in [1.29, 1.82) is 0 Å². The molecular weight excluding hydrogens is 705 g/mol. The van der Waals surface area contributed by atoms with Crippen LogP contribution in [-0.4, -0.2) is 19.5 Å². The summed E-state index contributed by atoms with van der Waals surface area (Å²) in [6, 6.07) is 70.1. The summed E-state index contributed by atoms with van der Waals surface area (Å²) in [5.41, 5.74) is 13.5. The standard InChI is InChI=1S/C54H32N4/c1-3-13-35(14-4-1)51-55-52(57-53(56-51)37-28-30-42-41-20-8-10-24-47(41)58(48(42)32-37)38-17-5-2-6-18-38)36-27-29-40-39-19-7-9-21-43(39)54(46(40)31-36)44-22-11-15-33-25-26-34-16-12-23-45(54)50(34)49(33)44/h1-32H. The van der Waals surface area contributed by atoms with Gasteiger partial charge in [0, 0.05) is 33.2 Å². The van der Waals surface area contributed by atoms with Gasteiger partial charge in [-0.2, -0.15) is 0 Å². The van der Waals surface area contributed by atoms with E-state index in [1.54, 1.807) is 0 Å². The molecule has 58 heavy (non-hydrogen) atoms. The van der Waals surface area contributed by atoms with Gasteiger partial charge in [-0.1, -0.05) is 164 Å². The number of hydrogen-bond acceptors (Lipinski definition) is 3. The lowest BCUT2D eigenvalue weighted by Gasteiger charge is -2.31. The van der Waals surface area contributed by atoms with Crippen LogP contribution in [0, 0.1) is 0 Å². The monoisotopic (exact) mass is 736 g/mol. The summed E-state index contributed by atoms with van der Waals surface area (Å²) >= 11 is 0. The fraction of sp³-hybridized carbons (Fsp3) is 0.0185. The second-order valence-corrected chi connectivity index (χ2v) is 15.5. The molecule has 0 saturated carbocycles. The molecule has 0 aliphatic heterocycles. The molecule has 11 aromatic rings. The van der Waals surface area contributed by atoms with Crippen LogP contribution in [0.25, 0.3) is 94.3 Å². The van der Waals surface area contributed by atoms with Gasteiger partial charge in [0.15, 0.2) is 17.5 Å². The van der Waals surface area contributed by atoms with E-state index in [1.807, 2.05) is 18.2 Å². The highest BCUT2D eigenvalue weighted by Crippen LogP contribution is 2.62. The van der Waals surface area contributed by atoms with E-state index in [1.165, 1.54) is 65.7 Å². The van der Waals surface area contributed by atoms with Crippen LogP contribution in [0.2, 0.25) is 0 Å². The van der Waals surface area contributed by atoms with Gasteiger partial charge in [-0.05, 0) is 85.3 Å². The predicted molar refractivity (Wildman–Crippen MR) is 236 cm³/mol. The van der Waals surface area contributed by atoms with Gasteiger partial charge in [0.1, 0.15) is 0 Å². The molecule has 1 spiro atoms. The van der Waals surface area contributed by atoms with Crippen molar-refractivity contribution in [3.8, 4) is 51.0 Å². The predicted octanol–water partition coefficient (Wildman–Crippen LogP) is 13.0. The Bertz CT molecular complexity index is 3450. The van der Waals surface area contributed by atoms with Crippen LogP contribution in [0.5, 0.6) is 0 Å². The van der Waals surface area contributed by atoms with E-state index in [4.69, 9.17) is 15.0 Å². The lowest BCUT2D eigenvalue weighted by Crippen LogP contribution is -2.26. The average molecular weight is 737 g/mol. The average Bonchev–Trinajstić information content (AvgIpc) is 3.91. The number of rotatable bonds is 4. The fourth-order valence-corrected chi connectivity index (χ4v) is 10.2. The van der Waals surface area contributed by atoms with Crippen LogP contribution in [0.1, 0.15) is 22.3 Å². The highest BCUT2D eigenvalue weighted by Gasteiger charge is 2.50. The minimum atomic E-state index is -0.474. The van der Waals surface area contributed by atoms with Crippen molar-refractivity contribution in [3.05, 3.63) is 216 Å². The van der Waals surface area contributed by atoms with E-state index in [2.05, 4.69) is 180 Å². The smallest absolute Gasteiger partial charge is 0.164 e. The Hall–Kier alpha value is -7.69. The molecule has 0 radical (unpaired) electrons. The maximum atomic E-state index is 5.34. The molecule has 2 aromatic heterocycles. The van der Waals surface area contributed by atoms with Crippen LogP contribution in [-0.2, 0) is 5.41 Å². The van der Waals surface area contributed by atoms with Crippen molar-refractivity contribution < 1.29 is 0 Å². The third-order valence-corrected chi connectivity index (χ3v) is 12.6. The summed E-state index contributed by atoms with van der Waals surface area (Å²) in [7, 11) is 0. The molecule has 0 unspecified atom stereocenters. The molecule has 13 rings (SSSR count). The Labute approximate surface area is 334 Å². The molecule has 4 nitrogen and oxygen atoms in total. The quantitative estimate of drug-likeness (QED) is 0.169. The second kappa shape index (κ2) is 11.7. The van der Waals surface area contributed by atoms with Gasteiger partial charge in [-0.3, -0.25) is 0 Å². The first kappa shape index (κ1) is 31.5. The molecule has 2 aliphatic rings. The van der Waals surface area contributed by atoms with Crippen LogP contribution in [0.15, 0.2) is 194 Å². The molecule has 0 atom stereocenters. The Balaban J connectivity index is 1.06. The van der Waals surface area contributed by atoms with Crippen molar-refractivity contribution in [3.63, 3.8) is 0 Å². The van der Waals surface area contributed by atoms with E-state index in [9.17, 15) is 0 Å². The Morgan fingerprint density at radius 2 is 0.897 bits per heavy atom. The first-order chi connectivity index (χ1) is 28.8. The van der Waals surface area contributed by atoms with Gasteiger partial charge in [-0.15, -0.1) is 0 Å². The molecule has 4 heteroatoms. The van der Waals surface area contributed by atoms with E-state index < -0.39 is 5.41 Å². The summed E-state index contributed by atoms with van der Waals surface area (Å²) in [5, 5.41) is 7.64. The second-order valence-electron chi connectivity index (χ2n) is 15.5. The third kappa shape index (κ3) is 4.16. The summed E-state index contributed by atoms with van der Waals surface area (Å²) in [5.74, 6) is 1.93. The molecule has 2 heterocycles. The molecule has 0 N–H and O–H groups in total. The van der Waals surface area contributed by atoms with Gasteiger partial charge in [0.05, 0.1) is 16.4 Å². The molecule has 0 amide bonds. The van der Waals surface area contributed by atoms with Gasteiger partial charge in [0.2, 0.25) is 0 Å². The third-order valence-electron chi connectivity index (χ3n) is 12.6. The van der Waals surface area contributed by atoms with E-state index in [0.717, 1.165) is 33.4 Å². The Morgan fingerprint density at radius 1 is 0.345 bits per heavy atom. The largest absolute Gasteiger partial charge is 0.309 e. The zero-order chi connectivity index (χ0) is 38.0. The maximum absolute atomic E-state index is 5.34. The molecule has 9 aromatic carbocycles. The van der Waals surface area contributed by atoms with E-state index in [-0.39, 0.29) is 0 Å². The lowest BCUT2D eigenvalue weighted by atomic mass is 9.70. The summed E-state index contributed by atoms with van der Waals surface area (Å²) in [6.07, 6.45) is 0. The van der Waals surface area contributed by atoms with Crippen LogP contribution in [0.3, 0.4) is 0 Å². The maximum Gasteiger partial charge on any atom is 0.164 e. The number of para-hydroxylation sites is 2. The van der Waals surface area contributed by atoms with Gasteiger partial charge < -0.3 is 4.57 Å². The lowest BCUT2D eigenvalue weighted by molar-refractivity contribution is 0.797. The van der Waals surface area contributed by atoms with Crippen molar-refractivity contribution >= 4 is 43.4 Å². The number of aromatic nitrogens is 4. The molecule has 0 bridgehead atoms. The van der Waals surface area contributed by atoms with Crippen LogP contribution in [0.4, 0.5) is 0 Å². The van der Waals surface area contributed by atoms with Gasteiger partial charge >= 0.3 is 0 Å². The minimum absolute atomic E-state index is 0.474. The van der Waals surface area contributed by atoms with Crippen LogP contribution < -0.4 is 0 Å². The van der Waals surface area contributed by atoms with E-state index in [0.29, 0.717) is 17.5 Å². The molecule has 0 saturated heterocycles. The summed E-state index contributed by atoms with van der Waals surface area (Å²) < 4.78 is 2.34. The zero-order valence-electron chi connectivity index (χ0n) is 31.3. The van der Waals surface area contributed by atoms with Gasteiger partial charge in [-0.25, -0.2) is 15.0 Å². The van der Waals surface area contributed by atoms with Crippen LogP contribution >= 0.6 is 0 Å². The Morgan fingerprint density at radius 3 is 1.64 bits per heavy atom. The molecular formula is C54H32N4. The fourth-order valence-electron chi connectivity index (χ4n) is 10.2. The van der Waals surface area contributed by atoms with Crippen molar-refractivity contribution in [2.75, 3.05) is 0 Å². The normalized spacial score (nSPS) is 13.3. The number of fused-ring (bicyclic) bond motifs is 10. The molecule has 268 valence electrons. The SMILES string of the molecule is c1ccc(-c2nc(-c3ccc4c(c3)C3(c5ccccc5-4)c4cccc5ccc6cccc3c6c45)nc(-c3ccc4c5ccccc5n(-c5ccccc5)c4c3)n2)cc1. The zero-order valence-corrected chi connectivity index (χ0v) is 31.3. The highest BCUT2D eigenvalue weighted by molar-refractivity contribution is 6.17. The molecule has 0 fully saturated rings. The number of benzene rings is 9. The first-order valence-corrected chi connectivity index (χ1v) is 19.9. The van der Waals surface area contributed by atoms with Crippen molar-refractivity contribution in [2.45, 2.75) is 5.41 Å². The van der Waals surface area contributed by atoms with Crippen molar-refractivity contribution in [1.82, 2.24) is 19.5 Å². The van der Waals surface area contributed by atoms with Gasteiger partial charge in [0.25, 0.3) is 0 Å². The molecule has 2 aliphatic carbocycles. The number of hydrogen-bond donors (Lipinski definition) is 0. The highest BCUT2D eigenvalue weighted by atomic mass is 15.0.